The lowest BCUT2D eigenvalue weighted by molar-refractivity contribution is -0.383. The summed E-state index contributed by atoms with van der Waals surface area (Å²) in [5.74, 6) is 1.00. The van der Waals surface area contributed by atoms with Gasteiger partial charge in [0.1, 0.15) is 5.75 Å². The number of anilines is 4. The SMILES string of the molecule is COc1cccc(Nc2nc(N)c([N+](=O)[O-])c(N3CCCC3)n2)c1. The molecule has 1 fully saturated rings. The zero-order chi connectivity index (χ0) is 17.1. The van der Waals surface area contributed by atoms with Gasteiger partial charge in [-0.2, -0.15) is 9.97 Å². The number of nitrogens with zero attached hydrogens (tertiary/aromatic N) is 4. The fourth-order valence-electron chi connectivity index (χ4n) is 2.67. The Kier molecular flexibility index (Phi) is 4.32. The van der Waals surface area contributed by atoms with Crippen molar-refractivity contribution in [1.82, 2.24) is 9.97 Å². The van der Waals surface area contributed by atoms with Crippen molar-refractivity contribution in [2.24, 2.45) is 0 Å². The molecular formula is C15H18N6O3. The lowest BCUT2D eigenvalue weighted by Gasteiger charge is -2.17. The van der Waals surface area contributed by atoms with Crippen molar-refractivity contribution in [3.8, 4) is 5.75 Å². The predicted octanol–water partition coefficient (Wildman–Crippen LogP) is 2.32. The van der Waals surface area contributed by atoms with Crippen LogP contribution in [0.2, 0.25) is 0 Å². The Balaban J connectivity index is 1.97. The molecule has 3 rings (SSSR count). The summed E-state index contributed by atoms with van der Waals surface area (Å²) in [5.41, 5.74) is 6.28. The van der Waals surface area contributed by atoms with Gasteiger partial charge < -0.3 is 20.7 Å². The fourth-order valence-corrected chi connectivity index (χ4v) is 2.67. The molecule has 9 nitrogen and oxygen atoms in total. The Morgan fingerprint density at radius 3 is 2.75 bits per heavy atom. The van der Waals surface area contributed by atoms with E-state index in [0.717, 1.165) is 25.9 Å². The predicted molar refractivity (Wildman–Crippen MR) is 90.8 cm³/mol. The number of rotatable bonds is 5. The van der Waals surface area contributed by atoms with Gasteiger partial charge in [0.25, 0.3) is 0 Å². The number of nitrogens with one attached hydrogen (secondary N) is 1. The van der Waals surface area contributed by atoms with E-state index in [0.29, 0.717) is 11.4 Å². The number of nitrogen functional groups attached to an aromatic ring is 1. The van der Waals surface area contributed by atoms with Gasteiger partial charge in [0.05, 0.1) is 12.0 Å². The van der Waals surface area contributed by atoms with E-state index in [1.165, 1.54) is 0 Å². The Bertz CT molecular complexity index is 761. The van der Waals surface area contributed by atoms with Crippen LogP contribution >= 0.6 is 0 Å². The van der Waals surface area contributed by atoms with E-state index >= 15 is 0 Å². The smallest absolute Gasteiger partial charge is 0.353 e. The molecular weight excluding hydrogens is 312 g/mol. The average Bonchev–Trinajstić information content (AvgIpc) is 3.08. The molecule has 0 spiro atoms. The van der Waals surface area contributed by atoms with Gasteiger partial charge in [-0.3, -0.25) is 10.1 Å². The fraction of sp³-hybridized carbons (Fsp3) is 0.333. The first-order chi connectivity index (χ1) is 11.6. The second-order valence-electron chi connectivity index (χ2n) is 5.41. The zero-order valence-electron chi connectivity index (χ0n) is 13.2. The van der Waals surface area contributed by atoms with Crippen molar-refractivity contribution in [2.45, 2.75) is 12.8 Å². The van der Waals surface area contributed by atoms with Crippen molar-refractivity contribution in [2.75, 3.05) is 36.1 Å². The molecule has 1 aromatic heterocycles. The van der Waals surface area contributed by atoms with E-state index in [1.54, 1.807) is 13.2 Å². The Labute approximate surface area is 138 Å². The largest absolute Gasteiger partial charge is 0.497 e. The number of nitro groups is 1. The van der Waals surface area contributed by atoms with Gasteiger partial charge in [-0.25, -0.2) is 0 Å². The summed E-state index contributed by atoms with van der Waals surface area (Å²) in [5, 5.41) is 14.4. The van der Waals surface area contributed by atoms with E-state index in [1.807, 2.05) is 23.1 Å². The van der Waals surface area contributed by atoms with E-state index < -0.39 is 4.92 Å². The third kappa shape index (κ3) is 3.14. The Morgan fingerprint density at radius 2 is 2.08 bits per heavy atom. The van der Waals surface area contributed by atoms with Crippen LogP contribution in [-0.2, 0) is 0 Å². The summed E-state index contributed by atoms with van der Waals surface area (Å²) >= 11 is 0. The molecule has 0 unspecified atom stereocenters. The number of nitrogens with two attached hydrogens (primary N) is 1. The van der Waals surface area contributed by atoms with Crippen LogP contribution < -0.4 is 20.7 Å². The average molecular weight is 330 g/mol. The second kappa shape index (κ2) is 6.57. The van der Waals surface area contributed by atoms with Crippen molar-refractivity contribution in [1.29, 1.82) is 0 Å². The van der Waals surface area contributed by atoms with Gasteiger partial charge in [0.2, 0.25) is 17.6 Å². The lowest BCUT2D eigenvalue weighted by atomic mass is 10.3. The van der Waals surface area contributed by atoms with Gasteiger partial charge in [-0.15, -0.1) is 0 Å². The molecule has 2 heterocycles. The van der Waals surface area contributed by atoms with Crippen molar-refractivity contribution < 1.29 is 9.66 Å². The van der Waals surface area contributed by atoms with Gasteiger partial charge in [-0.1, -0.05) is 6.07 Å². The van der Waals surface area contributed by atoms with Crippen molar-refractivity contribution in [3.63, 3.8) is 0 Å². The van der Waals surface area contributed by atoms with Crippen LogP contribution in [0.5, 0.6) is 5.75 Å². The zero-order valence-corrected chi connectivity index (χ0v) is 13.2. The highest BCUT2D eigenvalue weighted by atomic mass is 16.6. The van der Waals surface area contributed by atoms with E-state index in [-0.39, 0.29) is 23.3 Å². The number of benzene rings is 1. The molecule has 0 amide bonds. The molecule has 0 radical (unpaired) electrons. The van der Waals surface area contributed by atoms with Crippen LogP contribution in [0.25, 0.3) is 0 Å². The third-order valence-corrected chi connectivity index (χ3v) is 3.81. The van der Waals surface area contributed by atoms with Crippen LogP contribution in [0.15, 0.2) is 24.3 Å². The normalized spacial score (nSPS) is 13.8. The van der Waals surface area contributed by atoms with Crippen LogP contribution in [0.3, 0.4) is 0 Å². The molecule has 0 bridgehead atoms. The Hall–Kier alpha value is -3.10. The van der Waals surface area contributed by atoms with Crippen LogP contribution in [0.4, 0.5) is 29.0 Å². The second-order valence-corrected chi connectivity index (χ2v) is 5.41. The lowest BCUT2D eigenvalue weighted by Crippen LogP contribution is -2.22. The monoisotopic (exact) mass is 330 g/mol. The van der Waals surface area contributed by atoms with Crippen LogP contribution in [0.1, 0.15) is 12.8 Å². The first-order valence-electron chi connectivity index (χ1n) is 7.56. The molecule has 1 aliphatic rings. The number of methoxy groups -OCH3 is 1. The maximum absolute atomic E-state index is 11.3. The number of hydrogen-bond donors (Lipinski definition) is 2. The maximum atomic E-state index is 11.3. The standard InChI is InChI=1S/C15H18N6O3/c1-24-11-6-4-5-10(9-11)17-15-18-13(16)12(21(22)23)14(19-15)20-7-2-3-8-20/h4-6,9H,2-3,7-8H2,1H3,(H3,16,17,18,19). The molecule has 126 valence electrons. The minimum Gasteiger partial charge on any atom is -0.497 e. The molecule has 1 aromatic carbocycles. The molecule has 1 saturated heterocycles. The third-order valence-electron chi connectivity index (χ3n) is 3.81. The number of hydrogen-bond acceptors (Lipinski definition) is 8. The minimum atomic E-state index is -0.529. The quantitative estimate of drug-likeness (QED) is 0.633. The molecule has 1 aliphatic heterocycles. The topological polar surface area (TPSA) is 119 Å². The molecule has 9 heteroatoms. The highest BCUT2D eigenvalue weighted by molar-refractivity contribution is 5.72. The van der Waals surface area contributed by atoms with Crippen molar-refractivity contribution >= 4 is 29.0 Å². The van der Waals surface area contributed by atoms with E-state index in [4.69, 9.17) is 10.5 Å². The Morgan fingerprint density at radius 1 is 1.33 bits per heavy atom. The highest BCUT2D eigenvalue weighted by Gasteiger charge is 2.28. The van der Waals surface area contributed by atoms with Gasteiger partial charge in [0.15, 0.2) is 0 Å². The molecule has 0 atom stereocenters. The summed E-state index contributed by atoms with van der Waals surface area (Å²) in [6.45, 7) is 1.44. The van der Waals surface area contributed by atoms with Crippen LogP contribution in [0, 0.1) is 10.1 Å². The van der Waals surface area contributed by atoms with Gasteiger partial charge in [0, 0.05) is 24.8 Å². The minimum absolute atomic E-state index is 0.151. The first-order valence-corrected chi connectivity index (χ1v) is 7.56. The van der Waals surface area contributed by atoms with E-state index in [9.17, 15) is 10.1 Å². The molecule has 3 N–H and O–H groups in total. The van der Waals surface area contributed by atoms with Gasteiger partial charge >= 0.3 is 5.69 Å². The van der Waals surface area contributed by atoms with E-state index in [2.05, 4.69) is 15.3 Å². The highest BCUT2D eigenvalue weighted by Crippen LogP contribution is 2.34. The summed E-state index contributed by atoms with van der Waals surface area (Å²) in [4.78, 5) is 21.0. The molecule has 0 aliphatic carbocycles. The van der Waals surface area contributed by atoms with Gasteiger partial charge in [-0.05, 0) is 25.0 Å². The summed E-state index contributed by atoms with van der Waals surface area (Å²) < 4.78 is 5.17. The number of aromatic nitrogens is 2. The van der Waals surface area contributed by atoms with Crippen molar-refractivity contribution in [3.05, 3.63) is 34.4 Å². The first kappa shape index (κ1) is 15.8. The maximum Gasteiger partial charge on any atom is 0.353 e. The summed E-state index contributed by atoms with van der Waals surface area (Å²) in [6.07, 6.45) is 1.94. The molecule has 0 saturated carbocycles. The number of ether oxygens (including phenoxy) is 1. The summed E-state index contributed by atoms with van der Waals surface area (Å²) in [7, 11) is 1.57. The summed E-state index contributed by atoms with van der Waals surface area (Å²) in [6, 6.07) is 7.22. The molecule has 2 aromatic rings. The molecule has 24 heavy (non-hydrogen) atoms. The van der Waals surface area contributed by atoms with Crippen LogP contribution in [-0.4, -0.2) is 35.1 Å².